The number of nitro benzene ring substituents is 1. The molecule has 0 amide bonds. The summed E-state index contributed by atoms with van der Waals surface area (Å²) < 4.78 is 1.75. The molecular weight excluding hydrogens is 431 g/mol. The van der Waals surface area contributed by atoms with Crippen LogP contribution in [0.15, 0.2) is 57.9 Å². The van der Waals surface area contributed by atoms with Crippen LogP contribution in [-0.2, 0) is 0 Å². The first kappa shape index (κ1) is 21.2. The fourth-order valence-electron chi connectivity index (χ4n) is 2.61. The molecule has 3 rings (SSSR count). The summed E-state index contributed by atoms with van der Waals surface area (Å²) in [4.78, 5) is 16.1. The van der Waals surface area contributed by atoms with Gasteiger partial charge in [-0.1, -0.05) is 41.4 Å². The third kappa shape index (κ3) is 4.93. The summed E-state index contributed by atoms with van der Waals surface area (Å²) in [5.41, 5.74) is 2.85. The number of hydrogen-bond donors (Lipinski definition) is 0. The highest BCUT2D eigenvalue weighted by Gasteiger charge is 2.15. The zero-order valence-electron chi connectivity index (χ0n) is 16.0. The van der Waals surface area contributed by atoms with Gasteiger partial charge in [-0.25, -0.2) is 4.68 Å². The second-order valence-corrected chi connectivity index (χ2v) is 8.23. The summed E-state index contributed by atoms with van der Waals surface area (Å²) in [5.74, 6) is 0. The molecule has 0 bridgehead atoms. The van der Waals surface area contributed by atoms with E-state index in [0.29, 0.717) is 16.3 Å². The second kappa shape index (κ2) is 8.90. The van der Waals surface area contributed by atoms with Crippen LogP contribution < -0.4 is 4.80 Å². The largest absolute Gasteiger partial charge is 0.288 e. The molecule has 6 nitrogen and oxygen atoms in total. The molecule has 0 saturated heterocycles. The number of nitro groups is 1. The summed E-state index contributed by atoms with van der Waals surface area (Å²) in [6, 6.07) is 12.2. The fourth-order valence-corrected chi connectivity index (χ4v) is 3.89. The number of hydrogen-bond acceptors (Lipinski definition) is 5. The number of thiazole rings is 1. The lowest BCUT2D eigenvalue weighted by Gasteiger charge is -2.07. The number of halogens is 2. The van der Waals surface area contributed by atoms with Crippen LogP contribution in [0.1, 0.15) is 26.3 Å². The smallest absolute Gasteiger partial charge is 0.258 e. The van der Waals surface area contributed by atoms with Crippen molar-refractivity contribution in [2.75, 3.05) is 0 Å². The standard InChI is InChI=1S/C20H18Cl2N4O2S/c1-12(2)23-20-25(19(11-29-20)14-4-7-16(21)8-5-14)24-13(3)15-6-9-17(22)18(10-15)26(27)28/h4-12H,1-3H3. The molecule has 0 unspecified atom stereocenters. The van der Waals surface area contributed by atoms with E-state index in [0.717, 1.165) is 16.1 Å². The molecule has 150 valence electrons. The molecule has 3 aromatic rings. The highest BCUT2D eigenvalue weighted by atomic mass is 35.5. The van der Waals surface area contributed by atoms with Gasteiger partial charge >= 0.3 is 0 Å². The zero-order chi connectivity index (χ0) is 21.1. The van der Waals surface area contributed by atoms with Crippen LogP contribution in [-0.4, -0.2) is 21.4 Å². The lowest BCUT2D eigenvalue weighted by molar-refractivity contribution is -0.384. The molecule has 29 heavy (non-hydrogen) atoms. The second-order valence-electron chi connectivity index (χ2n) is 6.55. The van der Waals surface area contributed by atoms with E-state index in [2.05, 4.69) is 4.99 Å². The Kier molecular flexibility index (Phi) is 6.52. The van der Waals surface area contributed by atoms with Gasteiger partial charge in [0.2, 0.25) is 4.80 Å². The van der Waals surface area contributed by atoms with Crippen molar-refractivity contribution in [1.29, 1.82) is 0 Å². The van der Waals surface area contributed by atoms with Crippen molar-refractivity contribution < 1.29 is 4.92 Å². The predicted octanol–water partition coefficient (Wildman–Crippen LogP) is 6.01. The van der Waals surface area contributed by atoms with E-state index in [1.165, 1.54) is 23.5 Å². The minimum absolute atomic E-state index is 0.0880. The van der Waals surface area contributed by atoms with Gasteiger partial charge in [-0.2, -0.15) is 5.10 Å². The highest BCUT2D eigenvalue weighted by Crippen LogP contribution is 2.26. The van der Waals surface area contributed by atoms with Crippen molar-refractivity contribution in [3.8, 4) is 11.3 Å². The van der Waals surface area contributed by atoms with Crippen molar-refractivity contribution >= 4 is 45.9 Å². The first-order valence-corrected chi connectivity index (χ1v) is 10.4. The Hall–Kier alpha value is -2.48. The maximum Gasteiger partial charge on any atom is 0.288 e. The van der Waals surface area contributed by atoms with E-state index in [-0.39, 0.29) is 16.8 Å². The van der Waals surface area contributed by atoms with Crippen LogP contribution in [0, 0.1) is 10.1 Å². The Morgan fingerprint density at radius 3 is 2.48 bits per heavy atom. The van der Waals surface area contributed by atoms with Crippen molar-refractivity contribution in [3.05, 3.63) is 78.4 Å². The van der Waals surface area contributed by atoms with Gasteiger partial charge in [0.25, 0.3) is 5.69 Å². The Morgan fingerprint density at radius 1 is 1.17 bits per heavy atom. The minimum atomic E-state index is -0.504. The lowest BCUT2D eigenvalue weighted by atomic mass is 10.1. The van der Waals surface area contributed by atoms with Gasteiger partial charge in [0.15, 0.2) is 0 Å². The summed E-state index contributed by atoms with van der Waals surface area (Å²) in [6.45, 7) is 5.78. The van der Waals surface area contributed by atoms with Crippen LogP contribution in [0.4, 0.5) is 5.69 Å². The van der Waals surface area contributed by atoms with Gasteiger partial charge in [0, 0.05) is 33.6 Å². The van der Waals surface area contributed by atoms with Gasteiger partial charge in [-0.3, -0.25) is 15.1 Å². The molecule has 0 aliphatic rings. The van der Waals surface area contributed by atoms with Crippen molar-refractivity contribution in [1.82, 2.24) is 4.68 Å². The maximum atomic E-state index is 11.2. The first-order chi connectivity index (χ1) is 13.8. The Labute approximate surface area is 181 Å². The predicted molar refractivity (Wildman–Crippen MR) is 119 cm³/mol. The highest BCUT2D eigenvalue weighted by molar-refractivity contribution is 7.07. The molecule has 0 saturated carbocycles. The molecule has 1 aromatic heterocycles. The zero-order valence-corrected chi connectivity index (χ0v) is 18.3. The first-order valence-electron chi connectivity index (χ1n) is 8.76. The average molecular weight is 449 g/mol. The SMILES string of the molecule is CC(=Nn1c(-c2ccc(Cl)cc2)csc1=NC(C)C)c1ccc(Cl)c([N+](=O)[O-])c1. The number of aromatic nitrogens is 1. The summed E-state index contributed by atoms with van der Waals surface area (Å²) in [7, 11) is 0. The third-order valence-corrected chi connectivity index (χ3v) is 5.41. The van der Waals surface area contributed by atoms with Gasteiger partial charge in [0.05, 0.1) is 16.3 Å². The average Bonchev–Trinajstić information content (AvgIpc) is 3.04. The normalized spacial score (nSPS) is 12.6. The Bertz CT molecular complexity index is 1150. The van der Waals surface area contributed by atoms with Gasteiger partial charge in [-0.05, 0) is 39.0 Å². The number of rotatable bonds is 5. The molecule has 0 N–H and O–H groups in total. The summed E-state index contributed by atoms with van der Waals surface area (Å²) in [5, 5.41) is 18.6. The molecule has 2 aromatic carbocycles. The van der Waals surface area contributed by atoms with Crippen LogP contribution >= 0.6 is 34.5 Å². The van der Waals surface area contributed by atoms with E-state index in [4.69, 9.17) is 28.3 Å². The molecule has 0 fully saturated rings. The molecule has 0 aliphatic heterocycles. The molecule has 0 aliphatic carbocycles. The van der Waals surface area contributed by atoms with Gasteiger partial charge in [-0.15, -0.1) is 11.3 Å². The fraction of sp³-hybridized carbons (Fsp3) is 0.200. The van der Waals surface area contributed by atoms with Crippen LogP contribution in [0.5, 0.6) is 0 Å². The molecule has 9 heteroatoms. The topological polar surface area (TPSA) is 72.8 Å². The van der Waals surface area contributed by atoms with E-state index in [1.807, 2.05) is 43.5 Å². The van der Waals surface area contributed by atoms with Crippen LogP contribution in [0.3, 0.4) is 0 Å². The van der Waals surface area contributed by atoms with Crippen LogP contribution in [0.25, 0.3) is 11.3 Å². The Balaban J connectivity index is 2.16. The summed E-state index contributed by atoms with van der Waals surface area (Å²) >= 11 is 13.4. The van der Waals surface area contributed by atoms with Crippen molar-refractivity contribution in [2.24, 2.45) is 10.1 Å². The van der Waals surface area contributed by atoms with E-state index < -0.39 is 4.92 Å². The number of nitrogens with zero attached hydrogens (tertiary/aromatic N) is 4. The van der Waals surface area contributed by atoms with Gasteiger partial charge in [0.1, 0.15) is 5.02 Å². The molecule has 0 spiro atoms. The van der Waals surface area contributed by atoms with Crippen molar-refractivity contribution in [2.45, 2.75) is 26.8 Å². The lowest BCUT2D eigenvalue weighted by Crippen LogP contribution is -2.16. The quantitative estimate of drug-likeness (QED) is 0.272. The third-order valence-electron chi connectivity index (χ3n) is 4.00. The van der Waals surface area contributed by atoms with Gasteiger partial charge < -0.3 is 0 Å². The molecular formula is C20H18Cl2N4O2S. The van der Waals surface area contributed by atoms with E-state index in [1.54, 1.807) is 17.7 Å². The Morgan fingerprint density at radius 2 is 1.86 bits per heavy atom. The molecule has 1 heterocycles. The van der Waals surface area contributed by atoms with E-state index >= 15 is 0 Å². The van der Waals surface area contributed by atoms with E-state index in [9.17, 15) is 10.1 Å². The summed E-state index contributed by atoms with van der Waals surface area (Å²) in [6.07, 6.45) is 0. The molecule has 0 atom stereocenters. The molecule has 0 radical (unpaired) electrons. The monoisotopic (exact) mass is 448 g/mol. The van der Waals surface area contributed by atoms with Crippen molar-refractivity contribution in [3.63, 3.8) is 0 Å². The maximum absolute atomic E-state index is 11.2. The minimum Gasteiger partial charge on any atom is -0.258 e. The number of benzene rings is 2. The van der Waals surface area contributed by atoms with Crippen LogP contribution in [0.2, 0.25) is 10.0 Å².